The second kappa shape index (κ2) is 4.08. The minimum atomic E-state index is 0.0726. The topological polar surface area (TPSA) is 20.3 Å². The number of carbonyl (C=O) groups is 1. The lowest BCUT2D eigenvalue weighted by atomic mass is 9.74. The van der Waals surface area contributed by atoms with Crippen LogP contribution in [0.2, 0.25) is 0 Å². The van der Waals surface area contributed by atoms with Gasteiger partial charge in [-0.05, 0) is 32.1 Å². The Kier molecular flexibility index (Phi) is 3.11. The molecule has 2 nitrogen and oxygen atoms in total. The molecule has 0 radical (unpaired) electrons. The van der Waals surface area contributed by atoms with Gasteiger partial charge in [-0.2, -0.15) is 0 Å². The Balaban J connectivity index is 2.17. The third kappa shape index (κ3) is 1.83. The minimum Gasteiger partial charge on any atom is -0.336 e. The van der Waals surface area contributed by atoms with E-state index in [2.05, 4.69) is 34.7 Å². The number of halogens is 1. The van der Waals surface area contributed by atoms with Crippen LogP contribution in [0, 0.1) is 5.92 Å². The van der Waals surface area contributed by atoms with Gasteiger partial charge in [-0.1, -0.05) is 35.7 Å². The molecule has 0 bridgehead atoms. The van der Waals surface area contributed by atoms with Crippen molar-refractivity contribution in [3.8, 4) is 0 Å². The van der Waals surface area contributed by atoms with E-state index >= 15 is 0 Å². The van der Waals surface area contributed by atoms with Gasteiger partial charge in [0.05, 0.1) is 4.83 Å². The molecule has 1 aliphatic carbocycles. The van der Waals surface area contributed by atoms with Crippen LogP contribution < -0.4 is 0 Å². The molecule has 86 valence electrons. The van der Waals surface area contributed by atoms with Crippen LogP contribution in [-0.4, -0.2) is 27.7 Å². The SMILES string of the molecule is CC1CCCCC1(C)N1CCC(Br)C1=O. The average Bonchev–Trinajstić information content (AvgIpc) is 2.53. The maximum absolute atomic E-state index is 12.0. The second-order valence-corrected chi connectivity index (χ2v) is 6.36. The summed E-state index contributed by atoms with van der Waals surface area (Å²) in [6, 6.07) is 0. The Bertz CT molecular complexity index is 268. The molecule has 1 aliphatic heterocycles. The predicted octanol–water partition coefficient (Wildman–Crippen LogP) is 2.95. The van der Waals surface area contributed by atoms with Gasteiger partial charge in [0.2, 0.25) is 5.91 Å². The van der Waals surface area contributed by atoms with E-state index in [4.69, 9.17) is 0 Å². The van der Waals surface area contributed by atoms with Crippen molar-refractivity contribution in [1.29, 1.82) is 0 Å². The fraction of sp³-hybridized carbons (Fsp3) is 0.917. The number of hydrogen-bond donors (Lipinski definition) is 0. The van der Waals surface area contributed by atoms with Gasteiger partial charge in [0.1, 0.15) is 0 Å². The molecule has 0 spiro atoms. The van der Waals surface area contributed by atoms with E-state index in [0.29, 0.717) is 11.8 Å². The van der Waals surface area contributed by atoms with Gasteiger partial charge in [0.15, 0.2) is 0 Å². The first kappa shape index (κ1) is 11.4. The van der Waals surface area contributed by atoms with Crippen LogP contribution in [-0.2, 0) is 4.79 Å². The van der Waals surface area contributed by atoms with E-state index in [0.717, 1.165) is 13.0 Å². The van der Waals surface area contributed by atoms with E-state index in [1.807, 2.05) is 0 Å². The maximum Gasteiger partial charge on any atom is 0.236 e. The van der Waals surface area contributed by atoms with Crippen LogP contribution >= 0.6 is 15.9 Å². The average molecular weight is 274 g/mol. The summed E-state index contributed by atoms with van der Waals surface area (Å²) in [5.74, 6) is 0.958. The quantitative estimate of drug-likeness (QED) is 0.673. The summed E-state index contributed by atoms with van der Waals surface area (Å²) in [5.41, 5.74) is 0.123. The Hall–Kier alpha value is -0.0500. The molecular formula is C12H20BrNO. The molecule has 1 saturated heterocycles. The van der Waals surface area contributed by atoms with Crippen molar-refractivity contribution < 1.29 is 4.79 Å². The summed E-state index contributed by atoms with van der Waals surface area (Å²) in [6.45, 7) is 5.52. The Labute approximate surface area is 101 Å². The first-order valence-corrected chi connectivity index (χ1v) is 6.93. The summed E-state index contributed by atoms with van der Waals surface area (Å²) in [6.07, 6.45) is 6.03. The van der Waals surface area contributed by atoms with E-state index in [1.165, 1.54) is 25.7 Å². The van der Waals surface area contributed by atoms with Gasteiger partial charge in [-0.25, -0.2) is 0 Å². The van der Waals surface area contributed by atoms with Gasteiger partial charge in [-0.3, -0.25) is 4.79 Å². The summed E-state index contributed by atoms with van der Waals surface area (Å²) >= 11 is 3.46. The summed E-state index contributed by atoms with van der Waals surface area (Å²) in [5, 5.41) is 0. The van der Waals surface area contributed by atoms with E-state index in [1.54, 1.807) is 0 Å². The molecule has 0 aromatic carbocycles. The normalized spacial score (nSPS) is 42.3. The zero-order valence-electron chi connectivity index (χ0n) is 9.63. The number of rotatable bonds is 1. The predicted molar refractivity (Wildman–Crippen MR) is 65.1 cm³/mol. The highest BCUT2D eigenvalue weighted by molar-refractivity contribution is 9.10. The highest BCUT2D eigenvalue weighted by Crippen LogP contribution is 2.40. The zero-order chi connectivity index (χ0) is 11.1. The Morgan fingerprint density at radius 2 is 2.13 bits per heavy atom. The summed E-state index contributed by atoms with van der Waals surface area (Å²) < 4.78 is 0. The smallest absolute Gasteiger partial charge is 0.236 e. The Morgan fingerprint density at radius 3 is 2.67 bits per heavy atom. The van der Waals surface area contributed by atoms with Gasteiger partial charge in [-0.15, -0.1) is 0 Å². The molecule has 0 aromatic rings. The number of carbonyl (C=O) groups excluding carboxylic acids is 1. The number of amides is 1. The van der Waals surface area contributed by atoms with Crippen molar-refractivity contribution in [3.63, 3.8) is 0 Å². The molecule has 2 aliphatic rings. The molecular weight excluding hydrogens is 254 g/mol. The minimum absolute atomic E-state index is 0.0726. The molecule has 3 atom stereocenters. The van der Waals surface area contributed by atoms with Crippen LogP contribution in [0.15, 0.2) is 0 Å². The van der Waals surface area contributed by atoms with Crippen molar-refractivity contribution >= 4 is 21.8 Å². The molecule has 2 rings (SSSR count). The second-order valence-electron chi connectivity index (χ2n) is 5.25. The number of hydrogen-bond acceptors (Lipinski definition) is 1. The fourth-order valence-electron chi connectivity index (χ4n) is 3.04. The molecule has 15 heavy (non-hydrogen) atoms. The number of likely N-dealkylation sites (tertiary alicyclic amines) is 1. The first-order valence-electron chi connectivity index (χ1n) is 6.01. The van der Waals surface area contributed by atoms with Crippen LogP contribution in [0.5, 0.6) is 0 Å². The third-order valence-corrected chi connectivity index (χ3v) is 5.24. The summed E-state index contributed by atoms with van der Waals surface area (Å²) in [4.78, 5) is 14.2. The molecule has 0 N–H and O–H groups in total. The molecule has 2 fully saturated rings. The van der Waals surface area contributed by atoms with Crippen LogP contribution in [0.4, 0.5) is 0 Å². The number of alkyl halides is 1. The highest BCUT2D eigenvalue weighted by Gasteiger charge is 2.45. The zero-order valence-corrected chi connectivity index (χ0v) is 11.2. The van der Waals surface area contributed by atoms with E-state index < -0.39 is 0 Å². The van der Waals surface area contributed by atoms with Crippen LogP contribution in [0.1, 0.15) is 46.0 Å². The van der Waals surface area contributed by atoms with Gasteiger partial charge < -0.3 is 4.90 Å². The molecule has 0 aromatic heterocycles. The van der Waals surface area contributed by atoms with E-state index in [9.17, 15) is 4.79 Å². The lowest BCUT2D eigenvalue weighted by Gasteiger charge is -2.46. The van der Waals surface area contributed by atoms with Gasteiger partial charge in [0, 0.05) is 12.1 Å². The van der Waals surface area contributed by atoms with Gasteiger partial charge >= 0.3 is 0 Å². The summed E-state index contributed by atoms with van der Waals surface area (Å²) in [7, 11) is 0. The first-order chi connectivity index (χ1) is 7.05. The standard InChI is InChI=1S/C12H20BrNO/c1-9-5-3-4-7-12(9,2)14-8-6-10(13)11(14)15/h9-10H,3-8H2,1-2H3. The highest BCUT2D eigenvalue weighted by atomic mass is 79.9. The molecule has 3 heteroatoms. The van der Waals surface area contributed by atoms with Crippen LogP contribution in [0.3, 0.4) is 0 Å². The van der Waals surface area contributed by atoms with Crippen molar-refractivity contribution in [2.45, 2.75) is 56.3 Å². The number of nitrogens with zero attached hydrogens (tertiary/aromatic N) is 1. The van der Waals surface area contributed by atoms with Crippen molar-refractivity contribution in [2.24, 2.45) is 5.92 Å². The third-order valence-electron chi connectivity index (χ3n) is 4.39. The Morgan fingerprint density at radius 1 is 1.40 bits per heavy atom. The molecule has 3 unspecified atom stereocenters. The molecule has 1 heterocycles. The van der Waals surface area contributed by atoms with Crippen molar-refractivity contribution in [3.05, 3.63) is 0 Å². The monoisotopic (exact) mass is 273 g/mol. The largest absolute Gasteiger partial charge is 0.336 e. The van der Waals surface area contributed by atoms with Crippen molar-refractivity contribution in [1.82, 2.24) is 4.90 Å². The lowest BCUT2D eigenvalue weighted by molar-refractivity contribution is -0.135. The lowest BCUT2D eigenvalue weighted by Crippen LogP contribution is -2.53. The molecule has 1 saturated carbocycles. The van der Waals surface area contributed by atoms with E-state index in [-0.39, 0.29) is 10.4 Å². The maximum atomic E-state index is 12.0. The molecule has 1 amide bonds. The van der Waals surface area contributed by atoms with Gasteiger partial charge in [0.25, 0.3) is 0 Å². The van der Waals surface area contributed by atoms with Crippen LogP contribution in [0.25, 0.3) is 0 Å². The van der Waals surface area contributed by atoms with Crippen molar-refractivity contribution in [2.75, 3.05) is 6.54 Å². The fourth-order valence-corrected chi connectivity index (χ4v) is 3.50.